The minimum Gasteiger partial charge on any atom is -0.469 e. The zero-order chi connectivity index (χ0) is 13.8. The van der Waals surface area contributed by atoms with Crippen LogP contribution in [-0.4, -0.2) is 54.9 Å². The highest BCUT2D eigenvalue weighted by Crippen LogP contribution is 2.36. The van der Waals surface area contributed by atoms with Gasteiger partial charge in [-0.1, -0.05) is 0 Å². The topological polar surface area (TPSA) is 75.8 Å². The number of aliphatic hydroxyl groups is 1. The Hall–Kier alpha value is -0.650. The fourth-order valence-electron chi connectivity index (χ4n) is 3.07. The third kappa shape index (κ3) is 4.75. The number of carbonyl (C=O) groups excluding carboxylic acids is 1. The Bertz CT molecular complexity index is 307. The molecule has 2 aliphatic rings. The Morgan fingerprint density at radius 3 is 2.84 bits per heavy atom. The van der Waals surface area contributed by atoms with Crippen molar-refractivity contribution >= 4 is 5.97 Å². The van der Waals surface area contributed by atoms with Crippen LogP contribution in [0.25, 0.3) is 0 Å². The molecule has 2 fully saturated rings. The van der Waals surface area contributed by atoms with Crippen LogP contribution < -0.4 is 5.73 Å². The maximum Gasteiger partial charge on any atom is 0.306 e. The molecule has 5 heteroatoms. The van der Waals surface area contributed by atoms with Gasteiger partial charge in [0.25, 0.3) is 0 Å². The molecule has 3 atom stereocenters. The van der Waals surface area contributed by atoms with Crippen LogP contribution in [0.2, 0.25) is 0 Å². The normalized spacial score (nSPS) is 30.1. The van der Waals surface area contributed by atoms with E-state index < -0.39 is 0 Å². The standard InChI is InChI=1S/C14H26N2O3/c1-19-14(18)4-5-16-8-10(6-12(15)9-16)7-13(17)11-2-3-11/h10-13,17H,2-9,15H2,1H3. The van der Waals surface area contributed by atoms with Gasteiger partial charge in [0.1, 0.15) is 0 Å². The van der Waals surface area contributed by atoms with E-state index in [1.807, 2.05) is 0 Å². The van der Waals surface area contributed by atoms with E-state index in [4.69, 9.17) is 5.73 Å². The molecule has 0 amide bonds. The van der Waals surface area contributed by atoms with E-state index in [-0.39, 0.29) is 18.1 Å². The largest absolute Gasteiger partial charge is 0.469 e. The number of esters is 1. The molecule has 1 aliphatic heterocycles. The predicted molar refractivity (Wildman–Crippen MR) is 72.5 cm³/mol. The van der Waals surface area contributed by atoms with Gasteiger partial charge in [-0.3, -0.25) is 4.79 Å². The summed E-state index contributed by atoms with van der Waals surface area (Å²) in [4.78, 5) is 13.4. The van der Waals surface area contributed by atoms with Crippen molar-refractivity contribution in [1.82, 2.24) is 4.90 Å². The van der Waals surface area contributed by atoms with Crippen molar-refractivity contribution in [3.63, 3.8) is 0 Å². The van der Waals surface area contributed by atoms with Gasteiger partial charge in [-0.05, 0) is 37.5 Å². The van der Waals surface area contributed by atoms with E-state index in [2.05, 4.69) is 9.64 Å². The first kappa shape index (κ1) is 14.8. The number of hydrogen-bond acceptors (Lipinski definition) is 5. The Kier molecular flexibility index (Phi) is 5.19. The van der Waals surface area contributed by atoms with Crippen molar-refractivity contribution in [3.05, 3.63) is 0 Å². The SMILES string of the molecule is COC(=O)CCN1CC(N)CC(CC(O)C2CC2)C1. The van der Waals surface area contributed by atoms with Gasteiger partial charge < -0.3 is 20.5 Å². The maximum atomic E-state index is 11.2. The summed E-state index contributed by atoms with van der Waals surface area (Å²) in [6.45, 7) is 2.48. The third-order valence-corrected chi connectivity index (χ3v) is 4.25. The van der Waals surface area contributed by atoms with E-state index in [1.165, 1.54) is 20.0 Å². The van der Waals surface area contributed by atoms with E-state index in [1.54, 1.807) is 0 Å². The first-order valence-corrected chi connectivity index (χ1v) is 7.31. The summed E-state index contributed by atoms with van der Waals surface area (Å²) < 4.78 is 4.66. The number of rotatable bonds is 6. The molecule has 2 rings (SSSR count). The van der Waals surface area contributed by atoms with E-state index in [9.17, 15) is 9.90 Å². The minimum atomic E-state index is -0.172. The van der Waals surface area contributed by atoms with Crippen LogP contribution in [0.5, 0.6) is 0 Å². The number of nitrogens with zero attached hydrogens (tertiary/aromatic N) is 1. The molecule has 1 heterocycles. The highest BCUT2D eigenvalue weighted by Gasteiger charge is 2.33. The summed E-state index contributed by atoms with van der Waals surface area (Å²) in [5, 5.41) is 10.0. The highest BCUT2D eigenvalue weighted by molar-refractivity contribution is 5.69. The number of methoxy groups -OCH3 is 1. The molecule has 0 radical (unpaired) electrons. The van der Waals surface area contributed by atoms with Gasteiger partial charge in [-0.25, -0.2) is 0 Å². The molecular weight excluding hydrogens is 244 g/mol. The smallest absolute Gasteiger partial charge is 0.306 e. The fourth-order valence-corrected chi connectivity index (χ4v) is 3.07. The van der Waals surface area contributed by atoms with Gasteiger partial charge in [0.05, 0.1) is 19.6 Å². The van der Waals surface area contributed by atoms with Crippen LogP contribution in [0.3, 0.4) is 0 Å². The van der Waals surface area contributed by atoms with E-state index in [0.29, 0.717) is 24.8 Å². The Morgan fingerprint density at radius 1 is 1.47 bits per heavy atom. The van der Waals surface area contributed by atoms with E-state index in [0.717, 1.165) is 25.9 Å². The number of nitrogens with two attached hydrogens (primary N) is 1. The average Bonchev–Trinajstić information content (AvgIpc) is 3.19. The summed E-state index contributed by atoms with van der Waals surface area (Å²) in [7, 11) is 1.42. The van der Waals surface area contributed by atoms with Crippen molar-refractivity contribution in [1.29, 1.82) is 0 Å². The van der Waals surface area contributed by atoms with Gasteiger partial charge >= 0.3 is 5.97 Å². The van der Waals surface area contributed by atoms with Gasteiger partial charge in [0.15, 0.2) is 0 Å². The lowest BCUT2D eigenvalue weighted by molar-refractivity contribution is -0.141. The summed E-state index contributed by atoms with van der Waals surface area (Å²) in [5.41, 5.74) is 6.08. The molecule has 5 nitrogen and oxygen atoms in total. The molecule has 0 aromatic heterocycles. The molecule has 1 saturated carbocycles. The fraction of sp³-hybridized carbons (Fsp3) is 0.929. The zero-order valence-electron chi connectivity index (χ0n) is 11.8. The second kappa shape index (κ2) is 6.68. The third-order valence-electron chi connectivity index (χ3n) is 4.25. The number of likely N-dealkylation sites (tertiary alicyclic amines) is 1. The van der Waals surface area contributed by atoms with Gasteiger partial charge in [0.2, 0.25) is 0 Å². The van der Waals surface area contributed by atoms with Crippen molar-refractivity contribution in [2.24, 2.45) is 17.6 Å². The minimum absolute atomic E-state index is 0.155. The van der Waals surface area contributed by atoms with Crippen LogP contribution in [-0.2, 0) is 9.53 Å². The van der Waals surface area contributed by atoms with Crippen LogP contribution >= 0.6 is 0 Å². The molecule has 3 N–H and O–H groups in total. The first-order chi connectivity index (χ1) is 9.08. The van der Waals surface area contributed by atoms with Crippen LogP contribution in [0.1, 0.15) is 32.1 Å². The number of aliphatic hydroxyl groups excluding tert-OH is 1. The number of hydrogen-bond donors (Lipinski definition) is 2. The molecule has 3 unspecified atom stereocenters. The monoisotopic (exact) mass is 270 g/mol. The molecule has 19 heavy (non-hydrogen) atoms. The maximum absolute atomic E-state index is 11.2. The quantitative estimate of drug-likeness (QED) is 0.682. The summed E-state index contributed by atoms with van der Waals surface area (Å²) in [6, 6.07) is 0.155. The predicted octanol–water partition coefficient (Wildman–Crippen LogP) is 0.360. The number of carbonyl (C=O) groups is 1. The van der Waals surface area contributed by atoms with E-state index >= 15 is 0 Å². The van der Waals surface area contributed by atoms with Gasteiger partial charge in [-0.2, -0.15) is 0 Å². The van der Waals surface area contributed by atoms with Gasteiger partial charge in [-0.15, -0.1) is 0 Å². The van der Waals surface area contributed by atoms with Crippen molar-refractivity contribution in [3.8, 4) is 0 Å². The summed E-state index contributed by atoms with van der Waals surface area (Å²) in [6.07, 6.45) is 4.45. The summed E-state index contributed by atoms with van der Waals surface area (Å²) in [5.74, 6) is 0.812. The highest BCUT2D eigenvalue weighted by atomic mass is 16.5. The molecule has 1 saturated heterocycles. The lowest BCUT2D eigenvalue weighted by atomic mass is 9.88. The second-order valence-electron chi connectivity index (χ2n) is 6.09. The zero-order valence-corrected chi connectivity index (χ0v) is 11.8. The van der Waals surface area contributed by atoms with Crippen molar-refractivity contribution in [2.45, 2.75) is 44.2 Å². The van der Waals surface area contributed by atoms with Crippen LogP contribution in [0, 0.1) is 11.8 Å². The molecule has 0 bridgehead atoms. The van der Waals surface area contributed by atoms with Crippen LogP contribution in [0.15, 0.2) is 0 Å². The van der Waals surface area contributed by atoms with Gasteiger partial charge in [0, 0.05) is 25.7 Å². The molecular formula is C14H26N2O3. The number of piperidine rings is 1. The first-order valence-electron chi connectivity index (χ1n) is 7.31. The summed E-state index contributed by atoms with van der Waals surface area (Å²) >= 11 is 0. The molecule has 1 aliphatic carbocycles. The molecule has 110 valence electrons. The Morgan fingerprint density at radius 2 is 2.21 bits per heavy atom. The van der Waals surface area contributed by atoms with Crippen molar-refractivity contribution < 1.29 is 14.6 Å². The number of ether oxygens (including phenoxy) is 1. The lowest BCUT2D eigenvalue weighted by Gasteiger charge is -2.37. The molecule has 0 aromatic carbocycles. The Balaban J connectivity index is 1.76. The van der Waals surface area contributed by atoms with Crippen LogP contribution in [0.4, 0.5) is 0 Å². The average molecular weight is 270 g/mol. The Labute approximate surface area is 115 Å². The molecule has 0 spiro atoms. The van der Waals surface area contributed by atoms with Crippen molar-refractivity contribution in [2.75, 3.05) is 26.7 Å². The molecule has 0 aromatic rings. The second-order valence-corrected chi connectivity index (χ2v) is 6.09. The lowest BCUT2D eigenvalue weighted by Crippen LogP contribution is -2.48.